The van der Waals surface area contributed by atoms with Crippen molar-refractivity contribution < 1.29 is 26.4 Å². The lowest BCUT2D eigenvalue weighted by Crippen LogP contribution is -2.35. The summed E-state index contributed by atoms with van der Waals surface area (Å²) < 4.78 is 55.9. The zero-order valence-electron chi connectivity index (χ0n) is 16.0. The van der Waals surface area contributed by atoms with E-state index in [2.05, 4.69) is 17.0 Å². The van der Waals surface area contributed by atoms with E-state index in [1.54, 1.807) is 0 Å². The number of rotatable bonds is 11. The maximum Gasteiger partial charge on any atom is 0.251 e. The number of sulfonamides is 1. The highest BCUT2D eigenvalue weighted by molar-refractivity contribution is 7.92. The van der Waals surface area contributed by atoms with Gasteiger partial charge in [0, 0.05) is 31.4 Å². The monoisotopic (exact) mass is 432 g/mol. The van der Waals surface area contributed by atoms with Crippen LogP contribution in [0.25, 0.3) is 0 Å². The highest BCUT2D eigenvalue weighted by Crippen LogP contribution is 2.17. The summed E-state index contributed by atoms with van der Waals surface area (Å²) in [4.78, 5) is 12.2. The fraction of sp³-hybridized carbons (Fsp3) is 0.611. The van der Waals surface area contributed by atoms with Crippen LogP contribution in [0.1, 0.15) is 43.0 Å². The molecule has 1 aliphatic heterocycles. The van der Waals surface area contributed by atoms with Crippen LogP contribution in [0.4, 0.5) is 0 Å². The summed E-state index contributed by atoms with van der Waals surface area (Å²) in [5, 5.41) is 2.74. The van der Waals surface area contributed by atoms with Crippen molar-refractivity contribution in [3.05, 3.63) is 29.8 Å². The van der Waals surface area contributed by atoms with Gasteiger partial charge in [0.2, 0.25) is 10.0 Å². The molecule has 0 bridgehead atoms. The number of amides is 1. The Bertz CT molecular complexity index is 868. The molecule has 10 heteroatoms. The molecule has 0 spiro atoms. The molecule has 1 fully saturated rings. The third kappa shape index (κ3) is 7.16. The van der Waals surface area contributed by atoms with Gasteiger partial charge in [0.1, 0.15) is 0 Å². The summed E-state index contributed by atoms with van der Waals surface area (Å²) in [5.74, 6) is -0.591. The largest absolute Gasteiger partial charge is 0.381 e. The second kappa shape index (κ2) is 10.3. The Morgan fingerprint density at radius 1 is 1.25 bits per heavy atom. The van der Waals surface area contributed by atoms with Gasteiger partial charge in [-0.3, -0.25) is 4.79 Å². The van der Waals surface area contributed by atoms with Crippen LogP contribution in [0.15, 0.2) is 29.2 Å². The molecule has 2 rings (SSSR count). The topological polar surface area (TPSA) is 119 Å². The first kappa shape index (κ1) is 22.8. The van der Waals surface area contributed by atoms with E-state index < -0.39 is 25.9 Å². The van der Waals surface area contributed by atoms with Gasteiger partial charge in [-0.1, -0.05) is 19.4 Å². The molecule has 1 saturated heterocycles. The van der Waals surface area contributed by atoms with Gasteiger partial charge >= 0.3 is 0 Å². The highest BCUT2D eigenvalue weighted by atomic mass is 32.2. The summed E-state index contributed by atoms with van der Waals surface area (Å²) in [7, 11) is -7.10. The molecule has 158 valence electrons. The minimum atomic E-state index is -3.90. The van der Waals surface area contributed by atoms with Gasteiger partial charge in [-0.25, -0.2) is 21.6 Å². The van der Waals surface area contributed by atoms with E-state index >= 15 is 0 Å². The SMILES string of the molecule is CCCCOCCCNC(=O)c1cccc(S(=O)(=O)NC2CCS(=O)(=O)C2)c1. The fourth-order valence-corrected chi connectivity index (χ4v) is 5.90. The zero-order chi connectivity index (χ0) is 20.6. The molecule has 1 aromatic carbocycles. The second-order valence-corrected chi connectivity index (χ2v) is 10.8. The van der Waals surface area contributed by atoms with Gasteiger partial charge in [0.05, 0.1) is 16.4 Å². The summed E-state index contributed by atoms with van der Waals surface area (Å²) in [6.07, 6.45) is 3.00. The Morgan fingerprint density at radius 3 is 2.68 bits per heavy atom. The van der Waals surface area contributed by atoms with Crippen molar-refractivity contribution in [1.29, 1.82) is 0 Å². The number of carbonyl (C=O) groups is 1. The van der Waals surface area contributed by atoms with Crippen molar-refractivity contribution in [2.45, 2.75) is 43.5 Å². The molecule has 0 radical (unpaired) electrons. The number of nitrogens with one attached hydrogen (secondary N) is 2. The van der Waals surface area contributed by atoms with Crippen LogP contribution in [-0.4, -0.2) is 60.0 Å². The lowest BCUT2D eigenvalue weighted by atomic mass is 10.2. The van der Waals surface area contributed by atoms with Gasteiger partial charge < -0.3 is 10.1 Å². The molecule has 1 aromatic rings. The van der Waals surface area contributed by atoms with Crippen LogP contribution in [0.2, 0.25) is 0 Å². The second-order valence-electron chi connectivity index (χ2n) is 6.82. The number of hydrogen-bond donors (Lipinski definition) is 2. The molecule has 1 aliphatic rings. The molecule has 1 amide bonds. The Morgan fingerprint density at radius 2 is 2.00 bits per heavy atom. The van der Waals surface area contributed by atoms with E-state index in [-0.39, 0.29) is 34.3 Å². The van der Waals surface area contributed by atoms with Crippen molar-refractivity contribution in [3.8, 4) is 0 Å². The molecular formula is C18H28N2O6S2. The van der Waals surface area contributed by atoms with Crippen LogP contribution < -0.4 is 10.0 Å². The molecule has 0 saturated carbocycles. The average molecular weight is 433 g/mol. The summed E-state index contributed by atoms with van der Waals surface area (Å²) in [6.45, 7) is 3.78. The molecule has 0 aliphatic carbocycles. The summed E-state index contributed by atoms with van der Waals surface area (Å²) in [5.41, 5.74) is 0.230. The smallest absolute Gasteiger partial charge is 0.251 e. The highest BCUT2D eigenvalue weighted by Gasteiger charge is 2.31. The van der Waals surface area contributed by atoms with Crippen molar-refractivity contribution in [2.24, 2.45) is 0 Å². The number of unbranched alkanes of at least 4 members (excludes halogenated alkanes) is 1. The van der Waals surface area contributed by atoms with Crippen molar-refractivity contribution in [2.75, 3.05) is 31.3 Å². The third-order valence-electron chi connectivity index (χ3n) is 4.35. The number of ether oxygens (including phenoxy) is 1. The summed E-state index contributed by atoms with van der Waals surface area (Å²) in [6, 6.07) is 5.05. The summed E-state index contributed by atoms with van der Waals surface area (Å²) >= 11 is 0. The standard InChI is InChI=1S/C18H28N2O6S2/c1-2-3-10-26-11-5-9-19-18(21)15-6-4-7-17(13-15)28(24,25)20-16-8-12-27(22,23)14-16/h4,6-7,13,16,20H,2-3,5,8-12,14H2,1H3,(H,19,21). The molecule has 0 aromatic heterocycles. The van der Waals surface area contributed by atoms with Gasteiger partial charge in [-0.05, 0) is 37.5 Å². The van der Waals surface area contributed by atoms with Crippen molar-refractivity contribution >= 4 is 25.8 Å². The Hall–Kier alpha value is -1.49. The molecule has 1 unspecified atom stereocenters. The van der Waals surface area contributed by atoms with Crippen LogP contribution in [0.3, 0.4) is 0 Å². The Balaban J connectivity index is 1.89. The van der Waals surface area contributed by atoms with E-state index in [1.807, 2.05) is 0 Å². The van der Waals surface area contributed by atoms with Crippen LogP contribution in [0, 0.1) is 0 Å². The van der Waals surface area contributed by atoms with Gasteiger partial charge in [0.15, 0.2) is 9.84 Å². The van der Waals surface area contributed by atoms with E-state index in [4.69, 9.17) is 4.74 Å². The average Bonchev–Trinajstić information content (AvgIpc) is 2.98. The van der Waals surface area contributed by atoms with Crippen LogP contribution in [-0.2, 0) is 24.6 Å². The predicted molar refractivity (Wildman–Crippen MR) is 106 cm³/mol. The number of hydrogen-bond acceptors (Lipinski definition) is 6. The van der Waals surface area contributed by atoms with E-state index in [9.17, 15) is 21.6 Å². The number of carbonyl (C=O) groups excluding carboxylic acids is 1. The number of benzene rings is 1. The zero-order valence-corrected chi connectivity index (χ0v) is 17.6. The first-order valence-corrected chi connectivity index (χ1v) is 12.7. The molecular weight excluding hydrogens is 404 g/mol. The number of sulfone groups is 1. The maximum absolute atomic E-state index is 12.5. The minimum absolute atomic E-state index is 0.0230. The Kier molecular flexibility index (Phi) is 8.41. The van der Waals surface area contributed by atoms with Gasteiger partial charge in [-0.2, -0.15) is 0 Å². The predicted octanol–water partition coefficient (Wildman–Crippen LogP) is 1.09. The molecule has 2 N–H and O–H groups in total. The normalized spacial score (nSPS) is 18.8. The van der Waals surface area contributed by atoms with Crippen molar-refractivity contribution in [1.82, 2.24) is 10.0 Å². The van der Waals surface area contributed by atoms with Crippen LogP contribution >= 0.6 is 0 Å². The van der Waals surface area contributed by atoms with Crippen LogP contribution in [0.5, 0.6) is 0 Å². The van der Waals surface area contributed by atoms with Crippen molar-refractivity contribution in [3.63, 3.8) is 0 Å². The van der Waals surface area contributed by atoms with Gasteiger partial charge in [0.25, 0.3) is 5.91 Å². The molecule has 1 heterocycles. The van der Waals surface area contributed by atoms with Gasteiger partial charge in [-0.15, -0.1) is 0 Å². The first-order chi connectivity index (χ1) is 13.2. The minimum Gasteiger partial charge on any atom is -0.381 e. The third-order valence-corrected chi connectivity index (χ3v) is 7.64. The lowest BCUT2D eigenvalue weighted by Gasteiger charge is -2.12. The van der Waals surface area contributed by atoms with E-state index in [0.29, 0.717) is 26.2 Å². The molecule has 1 atom stereocenters. The quantitative estimate of drug-likeness (QED) is 0.505. The molecule has 28 heavy (non-hydrogen) atoms. The fourth-order valence-electron chi connectivity index (χ4n) is 2.81. The Labute approximate surface area is 167 Å². The molecule has 8 nitrogen and oxygen atoms in total. The lowest BCUT2D eigenvalue weighted by molar-refractivity contribution is 0.0940. The van der Waals surface area contributed by atoms with E-state index in [1.165, 1.54) is 24.3 Å². The van der Waals surface area contributed by atoms with E-state index in [0.717, 1.165) is 12.8 Å². The first-order valence-electron chi connectivity index (χ1n) is 9.42. The maximum atomic E-state index is 12.5.